The highest BCUT2D eigenvalue weighted by Crippen LogP contribution is 2.40. The molecule has 0 saturated carbocycles. The van der Waals surface area contributed by atoms with Crippen LogP contribution in [0, 0.1) is 0 Å². The van der Waals surface area contributed by atoms with Crippen LogP contribution < -0.4 is 4.74 Å². The highest BCUT2D eigenvalue weighted by Gasteiger charge is 2.15. The smallest absolute Gasteiger partial charge is 0.222 e. The number of hydrogen-bond donors (Lipinski definition) is 0. The van der Waals surface area contributed by atoms with Gasteiger partial charge in [0.25, 0.3) is 0 Å². The molecule has 0 aliphatic rings. The van der Waals surface area contributed by atoms with Crippen LogP contribution in [0.25, 0.3) is 42.7 Å². The zero-order chi connectivity index (χ0) is 23.8. The first kappa shape index (κ1) is 21.5. The Balaban J connectivity index is 1.44. The van der Waals surface area contributed by atoms with Gasteiger partial charge in [-0.25, -0.2) is 9.97 Å². The normalized spacial score (nSPS) is 11.4. The molecule has 0 bridgehead atoms. The van der Waals surface area contributed by atoms with Crippen LogP contribution in [0.15, 0.2) is 103 Å². The van der Waals surface area contributed by atoms with Gasteiger partial charge in [-0.15, -0.1) is 11.3 Å². The zero-order valence-corrected chi connectivity index (χ0v) is 20.4. The molecule has 170 valence electrons. The van der Waals surface area contributed by atoms with Gasteiger partial charge in [0.15, 0.2) is 0 Å². The molecule has 0 amide bonds. The standard InChI is InChI=1S/C31H24N2OS/c1-20(2)22-18-27(25-14-8-13-24-23-12-6-7-16-28(23)35-31(24)25)33-30(19-22)34-29-17-9-15-26(32-29)21-10-4-3-5-11-21/h3-20H,1-2H3. The Labute approximate surface area is 208 Å². The molecule has 3 heterocycles. The van der Waals surface area contributed by atoms with Crippen molar-refractivity contribution in [2.75, 3.05) is 0 Å². The van der Waals surface area contributed by atoms with Crippen LogP contribution in [0.3, 0.4) is 0 Å². The number of pyridine rings is 2. The molecule has 0 unspecified atom stereocenters. The Hall–Kier alpha value is -4.02. The molecule has 0 aliphatic carbocycles. The number of thiophene rings is 1. The van der Waals surface area contributed by atoms with Crippen molar-refractivity contribution in [1.82, 2.24) is 9.97 Å². The van der Waals surface area contributed by atoms with Gasteiger partial charge in [0.05, 0.1) is 11.4 Å². The summed E-state index contributed by atoms with van der Waals surface area (Å²) in [6.45, 7) is 4.38. The summed E-state index contributed by atoms with van der Waals surface area (Å²) < 4.78 is 8.78. The number of nitrogens with zero attached hydrogens (tertiary/aromatic N) is 2. The summed E-state index contributed by atoms with van der Waals surface area (Å²) in [5.41, 5.74) is 5.16. The lowest BCUT2D eigenvalue weighted by Gasteiger charge is -2.13. The molecular weight excluding hydrogens is 448 g/mol. The van der Waals surface area contributed by atoms with Gasteiger partial charge >= 0.3 is 0 Å². The monoisotopic (exact) mass is 472 g/mol. The SMILES string of the molecule is CC(C)c1cc(Oc2cccc(-c3ccccc3)n2)nc(-c2cccc3c2sc2ccccc23)c1. The van der Waals surface area contributed by atoms with Gasteiger partial charge in [0, 0.05) is 43.4 Å². The van der Waals surface area contributed by atoms with Gasteiger partial charge in [-0.1, -0.05) is 86.6 Å². The Kier molecular flexibility index (Phi) is 5.51. The minimum absolute atomic E-state index is 0.337. The number of aromatic nitrogens is 2. The Morgan fingerprint density at radius 2 is 1.40 bits per heavy atom. The van der Waals surface area contributed by atoms with E-state index in [0.29, 0.717) is 17.7 Å². The van der Waals surface area contributed by atoms with Gasteiger partial charge in [-0.05, 0) is 29.7 Å². The number of benzene rings is 3. The number of fused-ring (bicyclic) bond motifs is 3. The van der Waals surface area contributed by atoms with E-state index >= 15 is 0 Å². The molecule has 0 fully saturated rings. The summed E-state index contributed by atoms with van der Waals surface area (Å²) >= 11 is 1.81. The largest absolute Gasteiger partial charge is 0.421 e. The zero-order valence-electron chi connectivity index (χ0n) is 19.6. The minimum Gasteiger partial charge on any atom is -0.421 e. The van der Waals surface area contributed by atoms with Crippen molar-refractivity contribution < 1.29 is 4.74 Å². The van der Waals surface area contributed by atoms with E-state index in [2.05, 4.69) is 62.4 Å². The molecule has 35 heavy (non-hydrogen) atoms. The highest BCUT2D eigenvalue weighted by molar-refractivity contribution is 7.26. The summed E-state index contributed by atoms with van der Waals surface area (Å²) in [7, 11) is 0. The summed E-state index contributed by atoms with van der Waals surface area (Å²) in [5, 5.41) is 2.55. The van der Waals surface area contributed by atoms with Gasteiger partial charge < -0.3 is 4.74 Å². The average Bonchev–Trinajstić information content (AvgIpc) is 3.28. The van der Waals surface area contributed by atoms with Crippen molar-refractivity contribution in [1.29, 1.82) is 0 Å². The fourth-order valence-corrected chi connectivity index (χ4v) is 5.57. The predicted molar refractivity (Wildman–Crippen MR) is 146 cm³/mol. The van der Waals surface area contributed by atoms with Gasteiger partial charge in [-0.3, -0.25) is 0 Å². The highest BCUT2D eigenvalue weighted by atomic mass is 32.1. The maximum Gasteiger partial charge on any atom is 0.222 e. The van der Waals surface area contributed by atoms with Crippen molar-refractivity contribution in [3.05, 3.63) is 109 Å². The molecule has 0 N–H and O–H groups in total. The molecule has 0 saturated heterocycles. The number of ether oxygens (including phenoxy) is 1. The summed E-state index contributed by atoms with van der Waals surface area (Å²) in [6, 6.07) is 35.2. The minimum atomic E-state index is 0.337. The van der Waals surface area contributed by atoms with Crippen molar-refractivity contribution in [3.8, 4) is 34.3 Å². The maximum atomic E-state index is 6.25. The van der Waals surface area contributed by atoms with Crippen LogP contribution in [0.1, 0.15) is 25.3 Å². The quantitative estimate of drug-likeness (QED) is 0.251. The van der Waals surface area contributed by atoms with Crippen molar-refractivity contribution in [3.63, 3.8) is 0 Å². The van der Waals surface area contributed by atoms with E-state index in [1.54, 1.807) is 0 Å². The van der Waals surface area contributed by atoms with E-state index in [1.807, 2.05) is 65.9 Å². The topological polar surface area (TPSA) is 35.0 Å². The Morgan fingerprint density at radius 3 is 2.26 bits per heavy atom. The first-order valence-corrected chi connectivity index (χ1v) is 12.6. The van der Waals surface area contributed by atoms with E-state index in [0.717, 1.165) is 22.5 Å². The molecule has 6 aromatic rings. The van der Waals surface area contributed by atoms with E-state index in [9.17, 15) is 0 Å². The van der Waals surface area contributed by atoms with Crippen LogP contribution in [0.4, 0.5) is 0 Å². The lowest BCUT2D eigenvalue weighted by atomic mass is 10.0. The van der Waals surface area contributed by atoms with Crippen LogP contribution in [0.5, 0.6) is 11.8 Å². The lowest BCUT2D eigenvalue weighted by molar-refractivity contribution is 0.445. The van der Waals surface area contributed by atoms with Gasteiger partial charge in [0.1, 0.15) is 0 Å². The Bertz CT molecular complexity index is 1650. The number of rotatable bonds is 5. The molecule has 0 atom stereocenters. The third-order valence-corrected chi connectivity index (χ3v) is 7.39. The Morgan fingerprint density at radius 1 is 0.657 bits per heavy atom. The first-order chi connectivity index (χ1) is 17.2. The molecule has 4 heteroatoms. The van der Waals surface area contributed by atoms with Crippen LogP contribution in [0.2, 0.25) is 0 Å². The second-order valence-corrected chi connectivity index (χ2v) is 9.94. The molecule has 0 aliphatic heterocycles. The first-order valence-electron chi connectivity index (χ1n) is 11.8. The van der Waals surface area contributed by atoms with Crippen molar-refractivity contribution in [2.24, 2.45) is 0 Å². The maximum absolute atomic E-state index is 6.25. The molecule has 3 nitrogen and oxygen atoms in total. The van der Waals surface area contributed by atoms with Gasteiger partial charge in [-0.2, -0.15) is 0 Å². The molecule has 0 radical (unpaired) electrons. The third-order valence-electron chi connectivity index (χ3n) is 6.17. The molecular formula is C31H24N2OS. The third kappa shape index (κ3) is 4.17. The second kappa shape index (κ2) is 8.97. The predicted octanol–water partition coefficient (Wildman–Crippen LogP) is 9.09. The van der Waals surface area contributed by atoms with Crippen LogP contribution >= 0.6 is 11.3 Å². The van der Waals surface area contributed by atoms with Crippen LogP contribution in [-0.2, 0) is 0 Å². The molecule has 3 aromatic carbocycles. The van der Waals surface area contributed by atoms with Crippen LogP contribution in [-0.4, -0.2) is 9.97 Å². The van der Waals surface area contributed by atoms with Crippen molar-refractivity contribution in [2.45, 2.75) is 19.8 Å². The van der Waals surface area contributed by atoms with E-state index in [4.69, 9.17) is 14.7 Å². The van der Waals surface area contributed by atoms with Gasteiger partial charge in [0.2, 0.25) is 11.8 Å². The van der Waals surface area contributed by atoms with E-state index < -0.39 is 0 Å². The molecule has 0 spiro atoms. The summed E-state index contributed by atoms with van der Waals surface area (Å²) in [6.07, 6.45) is 0. The van der Waals surface area contributed by atoms with E-state index in [-0.39, 0.29) is 0 Å². The lowest BCUT2D eigenvalue weighted by Crippen LogP contribution is -1.97. The average molecular weight is 473 g/mol. The molecule has 6 rings (SSSR count). The van der Waals surface area contributed by atoms with E-state index in [1.165, 1.54) is 25.7 Å². The number of hydrogen-bond acceptors (Lipinski definition) is 4. The van der Waals surface area contributed by atoms with Crippen molar-refractivity contribution >= 4 is 31.5 Å². The second-order valence-electron chi connectivity index (χ2n) is 8.89. The molecule has 3 aromatic heterocycles. The summed E-state index contributed by atoms with van der Waals surface area (Å²) in [4.78, 5) is 9.68. The summed E-state index contributed by atoms with van der Waals surface area (Å²) in [5.74, 6) is 1.43. The fraction of sp³-hybridized carbons (Fsp3) is 0.0968. The fourth-order valence-electron chi connectivity index (χ4n) is 4.35.